The third-order valence-electron chi connectivity index (χ3n) is 4.89. The molecule has 3 aromatic rings. The Morgan fingerprint density at radius 3 is 2.65 bits per heavy atom. The molecule has 4 rings (SSSR count). The number of alkyl halides is 2. The molecular weight excluding hydrogens is 422 g/mol. The summed E-state index contributed by atoms with van der Waals surface area (Å²) in [6.07, 6.45) is 5.16. The van der Waals surface area contributed by atoms with E-state index in [9.17, 15) is 8.78 Å². The molecule has 0 amide bonds. The standard InChI is InChI=1S/C21H24F2N6OS/c1-29(2)13-14-3-4-18(25-11-14)28-20-26-12-17(31-20)16-7-10-24-19(27-16)30-15-5-8-21(22,23)9-6-15/h3-4,7,10-12,15H,5-6,8-9,13H2,1-2H3,(H,25,26,28). The number of anilines is 2. The number of thiazole rings is 1. The van der Waals surface area contributed by atoms with Crippen LogP contribution in [0.5, 0.6) is 6.01 Å². The fourth-order valence-electron chi connectivity index (χ4n) is 3.33. The van der Waals surface area contributed by atoms with E-state index in [0.29, 0.717) is 29.5 Å². The van der Waals surface area contributed by atoms with Crippen LogP contribution in [0.1, 0.15) is 31.2 Å². The number of hydrogen-bond acceptors (Lipinski definition) is 8. The molecule has 0 bridgehead atoms. The van der Waals surface area contributed by atoms with Gasteiger partial charge in [0.25, 0.3) is 0 Å². The van der Waals surface area contributed by atoms with Crippen molar-refractivity contribution in [1.82, 2.24) is 24.8 Å². The zero-order chi connectivity index (χ0) is 21.8. The first kappa shape index (κ1) is 21.5. The summed E-state index contributed by atoms with van der Waals surface area (Å²) in [5.41, 5.74) is 1.80. The molecule has 0 radical (unpaired) electrons. The van der Waals surface area contributed by atoms with Gasteiger partial charge in [-0.15, -0.1) is 0 Å². The van der Waals surface area contributed by atoms with Crippen molar-refractivity contribution in [2.45, 2.75) is 44.3 Å². The highest BCUT2D eigenvalue weighted by Gasteiger charge is 2.36. The lowest BCUT2D eigenvalue weighted by Gasteiger charge is -2.27. The van der Waals surface area contributed by atoms with E-state index in [1.807, 2.05) is 32.4 Å². The summed E-state index contributed by atoms with van der Waals surface area (Å²) in [6.45, 7) is 0.829. The maximum Gasteiger partial charge on any atom is 0.317 e. The molecule has 0 aliphatic heterocycles. The van der Waals surface area contributed by atoms with Crippen molar-refractivity contribution in [3.63, 3.8) is 0 Å². The van der Waals surface area contributed by atoms with Gasteiger partial charge in [0, 0.05) is 38.0 Å². The van der Waals surface area contributed by atoms with Crippen molar-refractivity contribution in [2.24, 2.45) is 0 Å². The Hall–Kier alpha value is -2.72. The van der Waals surface area contributed by atoms with Gasteiger partial charge in [-0.2, -0.15) is 4.98 Å². The molecule has 1 saturated carbocycles. The topological polar surface area (TPSA) is 76.1 Å². The van der Waals surface area contributed by atoms with Crippen LogP contribution in [0.3, 0.4) is 0 Å². The zero-order valence-electron chi connectivity index (χ0n) is 17.4. The molecule has 1 N–H and O–H groups in total. The zero-order valence-corrected chi connectivity index (χ0v) is 18.2. The Kier molecular flexibility index (Phi) is 6.38. The molecule has 3 aromatic heterocycles. The normalized spacial score (nSPS) is 16.4. The minimum absolute atomic E-state index is 0.161. The first-order valence-electron chi connectivity index (χ1n) is 10.1. The minimum atomic E-state index is -2.59. The molecule has 0 unspecified atom stereocenters. The Balaban J connectivity index is 1.39. The lowest BCUT2D eigenvalue weighted by molar-refractivity contribution is -0.0594. The summed E-state index contributed by atoms with van der Waals surface area (Å²) in [5, 5.41) is 3.89. The van der Waals surface area contributed by atoms with Crippen LogP contribution in [0.2, 0.25) is 0 Å². The van der Waals surface area contributed by atoms with E-state index in [2.05, 4.69) is 30.2 Å². The molecular formula is C21H24F2N6OS. The number of pyridine rings is 1. The van der Waals surface area contributed by atoms with Crippen molar-refractivity contribution in [1.29, 1.82) is 0 Å². The fourth-order valence-corrected chi connectivity index (χ4v) is 4.13. The number of aromatic nitrogens is 4. The summed E-state index contributed by atoms with van der Waals surface area (Å²) in [6, 6.07) is 5.92. The number of nitrogens with zero attached hydrogens (tertiary/aromatic N) is 5. The van der Waals surface area contributed by atoms with Gasteiger partial charge < -0.3 is 15.0 Å². The third-order valence-corrected chi connectivity index (χ3v) is 5.82. The number of ether oxygens (including phenoxy) is 1. The van der Waals surface area contributed by atoms with Crippen LogP contribution in [-0.2, 0) is 6.54 Å². The third kappa shape index (κ3) is 5.92. The van der Waals surface area contributed by atoms with Gasteiger partial charge in [-0.3, -0.25) is 0 Å². The smallest absolute Gasteiger partial charge is 0.317 e. The summed E-state index contributed by atoms with van der Waals surface area (Å²) in [7, 11) is 4.03. The van der Waals surface area contributed by atoms with E-state index in [1.54, 1.807) is 18.5 Å². The minimum Gasteiger partial charge on any atom is -0.460 e. The van der Waals surface area contributed by atoms with Crippen LogP contribution in [0, 0.1) is 0 Å². The van der Waals surface area contributed by atoms with Crippen LogP contribution < -0.4 is 10.1 Å². The predicted molar refractivity (Wildman–Crippen MR) is 116 cm³/mol. The van der Waals surface area contributed by atoms with E-state index in [-0.39, 0.29) is 25.0 Å². The average Bonchev–Trinajstić information content (AvgIpc) is 3.20. The second-order valence-electron chi connectivity index (χ2n) is 7.84. The van der Waals surface area contributed by atoms with Gasteiger partial charge >= 0.3 is 6.01 Å². The summed E-state index contributed by atoms with van der Waals surface area (Å²) < 4.78 is 32.4. The van der Waals surface area contributed by atoms with Crippen molar-refractivity contribution < 1.29 is 13.5 Å². The molecule has 0 saturated heterocycles. The van der Waals surface area contributed by atoms with Crippen LogP contribution in [0.25, 0.3) is 10.6 Å². The van der Waals surface area contributed by atoms with Crippen LogP contribution in [-0.4, -0.2) is 51.0 Å². The van der Waals surface area contributed by atoms with Gasteiger partial charge in [0.2, 0.25) is 5.92 Å². The maximum absolute atomic E-state index is 13.3. The van der Waals surface area contributed by atoms with E-state index < -0.39 is 5.92 Å². The van der Waals surface area contributed by atoms with Gasteiger partial charge in [0.05, 0.1) is 10.6 Å². The average molecular weight is 447 g/mol. The highest BCUT2D eigenvalue weighted by molar-refractivity contribution is 7.18. The molecule has 1 fully saturated rings. The summed E-state index contributed by atoms with van der Waals surface area (Å²) >= 11 is 1.43. The van der Waals surface area contributed by atoms with Gasteiger partial charge in [0.1, 0.15) is 11.9 Å². The van der Waals surface area contributed by atoms with Gasteiger partial charge in [0.15, 0.2) is 5.13 Å². The maximum atomic E-state index is 13.3. The molecule has 1 aliphatic rings. The van der Waals surface area contributed by atoms with Crippen LogP contribution in [0.4, 0.5) is 19.7 Å². The van der Waals surface area contributed by atoms with Crippen molar-refractivity contribution in [3.05, 3.63) is 42.4 Å². The fraction of sp³-hybridized carbons (Fsp3) is 0.429. The quantitative estimate of drug-likeness (QED) is 0.561. The van der Waals surface area contributed by atoms with E-state index >= 15 is 0 Å². The molecule has 31 heavy (non-hydrogen) atoms. The molecule has 0 aromatic carbocycles. The first-order valence-corrected chi connectivity index (χ1v) is 10.9. The lowest BCUT2D eigenvalue weighted by atomic mass is 9.94. The highest BCUT2D eigenvalue weighted by atomic mass is 32.1. The van der Waals surface area contributed by atoms with E-state index in [1.165, 1.54) is 11.3 Å². The van der Waals surface area contributed by atoms with Crippen molar-refractivity contribution in [2.75, 3.05) is 19.4 Å². The number of nitrogens with one attached hydrogen (secondary N) is 1. The number of hydrogen-bond donors (Lipinski definition) is 1. The monoisotopic (exact) mass is 446 g/mol. The van der Waals surface area contributed by atoms with Gasteiger partial charge in [-0.1, -0.05) is 17.4 Å². The van der Waals surface area contributed by atoms with Crippen LogP contribution in [0.15, 0.2) is 36.8 Å². The molecule has 0 atom stereocenters. The SMILES string of the molecule is CN(C)Cc1ccc(Nc2ncc(-c3ccnc(OC4CCC(F)(F)CC4)n3)s2)nc1. The predicted octanol–water partition coefficient (Wildman–Crippen LogP) is 4.76. The van der Waals surface area contributed by atoms with Crippen molar-refractivity contribution in [3.8, 4) is 16.6 Å². The highest BCUT2D eigenvalue weighted by Crippen LogP contribution is 2.35. The Bertz CT molecular complexity index is 1000. The molecule has 7 nitrogen and oxygen atoms in total. The summed E-state index contributed by atoms with van der Waals surface area (Å²) in [5.74, 6) is -1.87. The van der Waals surface area contributed by atoms with E-state index in [4.69, 9.17) is 4.74 Å². The molecule has 164 valence electrons. The first-order chi connectivity index (χ1) is 14.9. The Labute approximate surface area is 183 Å². The van der Waals surface area contributed by atoms with Crippen LogP contribution >= 0.6 is 11.3 Å². The lowest BCUT2D eigenvalue weighted by Crippen LogP contribution is -2.31. The number of rotatable bonds is 7. The van der Waals surface area contributed by atoms with Gasteiger partial charge in [-0.05, 0) is 44.6 Å². The Morgan fingerprint density at radius 1 is 1.13 bits per heavy atom. The molecule has 3 heterocycles. The van der Waals surface area contributed by atoms with E-state index in [0.717, 1.165) is 17.0 Å². The Morgan fingerprint density at radius 2 is 1.94 bits per heavy atom. The largest absolute Gasteiger partial charge is 0.460 e. The molecule has 0 spiro atoms. The second kappa shape index (κ2) is 9.19. The molecule has 1 aliphatic carbocycles. The summed E-state index contributed by atoms with van der Waals surface area (Å²) in [4.78, 5) is 20.3. The van der Waals surface area contributed by atoms with Crippen molar-refractivity contribution >= 4 is 22.3 Å². The number of halogens is 2. The van der Waals surface area contributed by atoms with Gasteiger partial charge in [-0.25, -0.2) is 23.7 Å². The second-order valence-corrected chi connectivity index (χ2v) is 8.87. The molecule has 10 heteroatoms.